The second-order valence-electron chi connectivity index (χ2n) is 3.60. The molecule has 0 unspecified atom stereocenters. The van der Waals surface area contributed by atoms with E-state index in [0.29, 0.717) is 5.33 Å². The van der Waals surface area contributed by atoms with Crippen LogP contribution in [0.25, 0.3) is 0 Å². The van der Waals surface area contributed by atoms with Gasteiger partial charge in [-0.15, -0.1) is 0 Å². The third kappa shape index (κ3) is 6.04. The van der Waals surface area contributed by atoms with Crippen LogP contribution in [-0.4, -0.2) is 21.1 Å². The van der Waals surface area contributed by atoms with E-state index in [1.54, 1.807) is 17.7 Å². The smallest absolute Gasteiger partial charge is 0.421 e. The van der Waals surface area contributed by atoms with Crippen LogP contribution >= 0.6 is 15.9 Å². The lowest BCUT2D eigenvalue weighted by Gasteiger charge is -2.08. The van der Waals surface area contributed by atoms with Gasteiger partial charge in [-0.25, -0.2) is 9.52 Å². The first kappa shape index (κ1) is 15.9. The molecule has 6 nitrogen and oxygen atoms in total. The number of carbonyl (C=O) groups excluding carboxylic acids is 1. The van der Waals surface area contributed by atoms with Crippen LogP contribution < -0.4 is 9.44 Å². The first-order valence-corrected chi connectivity index (χ1v) is 8.15. The van der Waals surface area contributed by atoms with Gasteiger partial charge in [-0.05, 0) is 18.1 Å². The number of alkyl halides is 1. The number of rotatable bonds is 6. The Morgan fingerprint density at radius 3 is 2.68 bits per heavy atom. The summed E-state index contributed by atoms with van der Waals surface area (Å²) in [6.07, 6.45) is -0.996. The molecule has 106 valence electrons. The maximum Gasteiger partial charge on any atom is 0.421 e. The zero-order valence-corrected chi connectivity index (χ0v) is 12.8. The highest BCUT2D eigenvalue weighted by molar-refractivity contribution is 9.08. The molecule has 0 bridgehead atoms. The second-order valence-corrected chi connectivity index (χ2v) is 5.66. The molecule has 0 spiro atoms. The van der Waals surface area contributed by atoms with E-state index in [2.05, 4.69) is 25.4 Å². The Morgan fingerprint density at radius 2 is 2.05 bits per heavy atom. The lowest BCUT2D eigenvalue weighted by atomic mass is 10.1. The molecule has 0 atom stereocenters. The SMILES string of the molecule is CCOC(=O)NS(=O)(=O)NCc1cccc(CBr)c1. The first-order chi connectivity index (χ1) is 8.96. The van der Waals surface area contributed by atoms with E-state index in [1.807, 2.05) is 18.2 Å². The van der Waals surface area contributed by atoms with Gasteiger partial charge >= 0.3 is 16.3 Å². The quantitative estimate of drug-likeness (QED) is 0.764. The largest absolute Gasteiger partial charge is 0.449 e. The van der Waals surface area contributed by atoms with E-state index in [-0.39, 0.29) is 13.2 Å². The fourth-order valence-corrected chi connectivity index (χ4v) is 2.36. The summed E-state index contributed by atoms with van der Waals surface area (Å²) in [5, 5.41) is 0.689. The molecule has 0 aromatic heterocycles. The summed E-state index contributed by atoms with van der Waals surface area (Å²) in [5.41, 5.74) is 1.83. The molecule has 0 aliphatic heterocycles. The fourth-order valence-electron chi connectivity index (χ4n) is 1.31. The lowest BCUT2D eigenvalue weighted by Crippen LogP contribution is -2.40. The molecule has 1 aromatic carbocycles. The molecular formula is C11H15BrN2O4S. The average Bonchev–Trinajstić information content (AvgIpc) is 2.36. The van der Waals surface area contributed by atoms with Crippen LogP contribution in [-0.2, 0) is 26.8 Å². The minimum atomic E-state index is -3.91. The maximum absolute atomic E-state index is 11.5. The molecule has 0 aliphatic rings. The molecule has 1 amide bonds. The number of hydrogen-bond donors (Lipinski definition) is 2. The standard InChI is InChI=1S/C11H15BrN2O4S/c1-2-18-11(15)14-19(16,17)13-8-10-5-3-4-9(6-10)7-12/h3-6,13H,2,7-8H2,1H3,(H,14,15). The molecule has 0 heterocycles. The fraction of sp³-hybridized carbons (Fsp3) is 0.364. The molecule has 0 radical (unpaired) electrons. The molecular weight excluding hydrogens is 336 g/mol. The predicted molar refractivity (Wildman–Crippen MR) is 75.0 cm³/mol. The lowest BCUT2D eigenvalue weighted by molar-refractivity contribution is 0.158. The van der Waals surface area contributed by atoms with Crippen molar-refractivity contribution in [3.63, 3.8) is 0 Å². The van der Waals surface area contributed by atoms with Gasteiger partial charge in [-0.3, -0.25) is 0 Å². The Kier molecular flexibility index (Phi) is 6.26. The van der Waals surface area contributed by atoms with Gasteiger partial charge in [-0.1, -0.05) is 40.2 Å². The monoisotopic (exact) mass is 350 g/mol. The minimum Gasteiger partial charge on any atom is -0.449 e. The molecule has 1 aromatic rings. The van der Waals surface area contributed by atoms with Gasteiger partial charge < -0.3 is 4.74 Å². The minimum absolute atomic E-state index is 0.0928. The van der Waals surface area contributed by atoms with Crippen molar-refractivity contribution in [3.05, 3.63) is 35.4 Å². The summed E-state index contributed by atoms with van der Waals surface area (Å²) < 4.78 is 31.5. The van der Waals surface area contributed by atoms with Crippen molar-refractivity contribution in [2.45, 2.75) is 18.8 Å². The Balaban J connectivity index is 2.57. The second kappa shape index (κ2) is 7.46. The van der Waals surface area contributed by atoms with Gasteiger partial charge in [-0.2, -0.15) is 13.1 Å². The number of halogens is 1. The van der Waals surface area contributed by atoms with Crippen molar-refractivity contribution >= 4 is 32.2 Å². The van der Waals surface area contributed by atoms with E-state index in [9.17, 15) is 13.2 Å². The van der Waals surface area contributed by atoms with Gasteiger partial charge in [0.05, 0.1) is 6.61 Å². The Hall–Kier alpha value is -1.12. The van der Waals surface area contributed by atoms with E-state index in [1.165, 1.54) is 0 Å². The third-order valence-corrected chi connectivity index (χ3v) is 3.71. The van der Waals surface area contributed by atoms with E-state index in [4.69, 9.17) is 0 Å². The maximum atomic E-state index is 11.5. The van der Waals surface area contributed by atoms with Crippen molar-refractivity contribution < 1.29 is 17.9 Å². The highest BCUT2D eigenvalue weighted by atomic mass is 79.9. The average molecular weight is 351 g/mol. The molecule has 19 heavy (non-hydrogen) atoms. The summed E-state index contributed by atoms with van der Waals surface area (Å²) >= 11 is 3.32. The van der Waals surface area contributed by atoms with Crippen LogP contribution in [0.4, 0.5) is 4.79 Å². The highest BCUT2D eigenvalue weighted by Gasteiger charge is 2.14. The summed E-state index contributed by atoms with van der Waals surface area (Å²) in [4.78, 5) is 11.0. The van der Waals surface area contributed by atoms with Gasteiger partial charge in [0.1, 0.15) is 0 Å². The summed E-state index contributed by atoms with van der Waals surface area (Å²) in [6.45, 7) is 1.79. The number of nitrogens with one attached hydrogen (secondary N) is 2. The van der Waals surface area contributed by atoms with Crippen LogP contribution in [0.15, 0.2) is 24.3 Å². The van der Waals surface area contributed by atoms with Crippen LogP contribution in [0.3, 0.4) is 0 Å². The Labute approximate surface area is 120 Å². The molecule has 8 heteroatoms. The summed E-state index contributed by atoms with van der Waals surface area (Å²) in [5.74, 6) is 0. The molecule has 0 saturated carbocycles. The topological polar surface area (TPSA) is 84.5 Å². The van der Waals surface area contributed by atoms with Gasteiger partial charge in [0.15, 0.2) is 0 Å². The van der Waals surface area contributed by atoms with Crippen LogP contribution in [0.1, 0.15) is 18.1 Å². The van der Waals surface area contributed by atoms with Crippen LogP contribution in [0.2, 0.25) is 0 Å². The van der Waals surface area contributed by atoms with Crippen LogP contribution in [0.5, 0.6) is 0 Å². The number of hydrogen-bond acceptors (Lipinski definition) is 4. The normalized spacial score (nSPS) is 11.1. The molecule has 0 aliphatic carbocycles. The zero-order valence-electron chi connectivity index (χ0n) is 10.3. The number of benzene rings is 1. The molecule has 1 rings (SSSR count). The Morgan fingerprint density at radius 1 is 1.37 bits per heavy atom. The summed E-state index contributed by atoms with van der Waals surface area (Å²) in [6, 6.07) is 7.41. The Bertz CT molecular complexity index is 533. The van der Waals surface area contributed by atoms with Crippen LogP contribution in [0, 0.1) is 0 Å². The predicted octanol–water partition coefficient (Wildman–Crippen LogP) is 1.66. The van der Waals surface area contributed by atoms with Crippen molar-refractivity contribution in [1.82, 2.24) is 9.44 Å². The molecule has 0 fully saturated rings. The first-order valence-electron chi connectivity index (χ1n) is 5.54. The molecule has 2 N–H and O–H groups in total. The van der Waals surface area contributed by atoms with Crippen molar-refractivity contribution in [1.29, 1.82) is 0 Å². The highest BCUT2D eigenvalue weighted by Crippen LogP contribution is 2.08. The van der Waals surface area contributed by atoms with E-state index < -0.39 is 16.3 Å². The number of amides is 1. The van der Waals surface area contributed by atoms with Crippen molar-refractivity contribution in [2.24, 2.45) is 0 Å². The van der Waals surface area contributed by atoms with Crippen molar-refractivity contribution in [2.75, 3.05) is 6.61 Å². The number of carbonyl (C=O) groups is 1. The van der Waals surface area contributed by atoms with Gasteiger partial charge in [0.2, 0.25) is 0 Å². The van der Waals surface area contributed by atoms with Crippen molar-refractivity contribution in [3.8, 4) is 0 Å². The van der Waals surface area contributed by atoms with Gasteiger partial charge in [0, 0.05) is 11.9 Å². The summed E-state index contributed by atoms with van der Waals surface area (Å²) in [7, 11) is -3.91. The third-order valence-electron chi connectivity index (χ3n) is 2.11. The van der Waals surface area contributed by atoms with E-state index >= 15 is 0 Å². The zero-order chi connectivity index (χ0) is 14.3. The van der Waals surface area contributed by atoms with Gasteiger partial charge in [0.25, 0.3) is 0 Å². The van der Waals surface area contributed by atoms with E-state index in [0.717, 1.165) is 11.1 Å². The number of ether oxygens (including phenoxy) is 1. The molecule has 0 saturated heterocycles.